The van der Waals surface area contributed by atoms with E-state index in [0.29, 0.717) is 0 Å². The van der Waals surface area contributed by atoms with Crippen molar-refractivity contribution >= 4 is 45.0 Å². The average Bonchev–Trinajstić information content (AvgIpc) is 2.59. The molecular weight excluding hydrogens is 369 g/mol. The number of hydrogen-bond donors (Lipinski definition) is 1. The van der Waals surface area contributed by atoms with Crippen molar-refractivity contribution in [1.29, 1.82) is 0 Å². The SMILES string of the molecule is O=C(/C=C\c1ccccc1)NC(=C(Cl)Cl)S(=O)(=O)c1ccccc1. The van der Waals surface area contributed by atoms with Crippen molar-refractivity contribution in [2.24, 2.45) is 0 Å². The van der Waals surface area contributed by atoms with Crippen molar-refractivity contribution in [1.82, 2.24) is 5.32 Å². The van der Waals surface area contributed by atoms with Gasteiger partial charge in [0.1, 0.15) is 4.49 Å². The molecule has 0 saturated heterocycles. The fourth-order valence-electron chi connectivity index (χ4n) is 1.82. The Morgan fingerprint density at radius 1 is 0.917 bits per heavy atom. The van der Waals surface area contributed by atoms with Gasteiger partial charge in [0.15, 0.2) is 5.03 Å². The van der Waals surface area contributed by atoms with Crippen molar-refractivity contribution in [3.05, 3.63) is 81.8 Å². The van der Waals surface area contributed by atoms with Gasteiger partial charge in [-0.05, 0) is 23.8 Å². The Labute approximate surface area is 150 Å². The molecule has 0 spiro atoms. The molecule has 1 amide bonds. The number of sulfone groups is 1. The molecule has 0 aromatic heterocycles. The van der Waals surface area contributed by atoms with E-state index in [1.54, 1.807) is 36.4 Å². The number of amides is 1. The minimum atomic E-state index is -4.03. The molecular formula is C17H13Cl2NO3S. The standard InChI is InChI=1S/C17H13Cl2NO3S/c18-16(19)17(24(22,23)14-9-5-2-6-10-14)20-15(21)12-11-13-7-3-1-4-8-13/h1-12H,(H,20,21)/b12-11-. The summed E-state index contributed by atoms with van der Waals surface area (Å²) in [5.74, 6) is -0.660. The van der Waals surface area contributed by atoms with Gasteiger partial charge in [0.05, 0.1) is 4.90 Å². The zero-order valence-corrected chi connectivity index (χ0v) is 14.6. The van der Waals surface area contributed by atoms with Crippen molar-refractivity contribution in [3.63, 3.8) is 0 Å². The lowest BCUT2D eigenvalue weighted by Gasteiger charge is -2.10. The second-order valence-corrected chi connectivity index (χ2v) is 7.48. The molecule has 2 aromatic carbocycles. The van der Waals surface area contributed by atoms with Crippen LogP contribution in [0.5, 0.6) is 0 Å². The highest BCUT2D eigenvalue weighted by atomic mass is 35.5. The second-order valence-electron chi connectivity index (χ2n) is 4.64. The van der Waals surface area contributed by atoms with Gasteiger partial charge in [0.2, 0.25) is 15.7 Å². The van der Waals surface area contributed by atoms with Crippen LogP contribution in [0.1, 0.15) is 5.56 Å². The maximum Gasteiger partial charge on any atom is 0.248 e. The molecule has 1 N–H and O–H groups in total. The second kappa shape index (κ2) is 8.15. The van der Waals surface area contributed by atoms with Gasteiger partial charge in [-0.1, -0.05) is 71.7 Å². The van der Waals surface area contributed by atoms with Gasteiger partial charge in [-0.25, -0.2) is 8.42 Å². The normalized spacial score (nSPS) is 11.2. The number of halogens is 2. The van der Waals surface area contributed by atoms with Gasteiger partial charge in [-0.3, -0.25) is 4.79 Å². The smallest absolute Gasteiger partial charge is 0.248 e. The molecule has 0 radical (unpaired) electrons. The van der Waals surface area contributed by atoms with E-state index in [-0.39, 0.29) is 4.90 Å². The van der Waals surface area contributed by atoms with E-state index in [1.807, 2.05) is 18.2 Å². The summed E-state index contributed by atoms with van der Waals surface area (Å²) in [6, 6.07) is 16.6. The number of hydrogen-bond acceptors (Lipinski definition) is 3. The van der Waals surface area contributed by atoms with Crippen LogP contribution in [0, 0.1) is 0 Å². The lowest BCUT2D eigenvalue weighted by molar-refractivity contribution is -0.115. The van der Waals surface area contributed by atoms with Crippen molar-refractivity contribution in [2.75, 3.05) is 0 Å². The minimum Gasteiger partial charge on any atom is -0.311 e. The van der Waals surface area contributed by atoms with Gasteiger partial charge < -0.3 is 5.32 Å². The fourth-order valence-corrected chi connectivity index (χ4v) is 3.72. The van der Waals surface area contributed by atoms with Crippen LogP contribution in [0.4, 0.5) is 0 Å². The van der Waals surface area contributed by atoms with Crippen molar-refractivity contribution in [3.8, 4) is 0 Å². The predicted octanol–water partition coefficient (Wildman–Crippen LogP) is 3.89. The van der Waals surface area contributed by atoms with Gasteiger partial charge in [-0.2, -0.15) is 0 Å². The van der Waals surface area contributed by atoms with E-state index >= 15 is 0 Å². The third kappa shape index (κ3) is 4.71. The molecule has 0 unspecified atom stereocenters. The highest BCUT2D eigenvalue weighted by molar-refractivity contribution is 7.95. The summed E-state index contributed by atoms with van der Waals surface area (Å²) in [7, 11) is -4.03. The van der Waals surface area contributed by atoms with E-state index in [0.717, 1.165) is 5.56 Å². The van der Waals surface area contributed by atoms with Crippen LogP contribution in [-0.2, 0) is 14.6 Å². The first-order valence-corrected chi connectivity index (χ1v) is 9.04. The van der Waals surface area contributed by atoms with Gasteiger partial charge in [0, 0.05) is 6.08 Å². The number of benzene rings is 2. The first kappa shape index (κ1) is 18.3. The molecule has 0 heterocycles. The molecule has 124 valence electrons. The predicted molar refractivity (Wildman–Crippen MR) is 96.0 cm³/mol. The first-order valence-electron chi connectivity index (χ1n) is 6.81. The quantitative estimate of drug-likeness (QED) is 0.798. The molecule has 7 heteroatoms. The van der Waals surface area contributed by atoms with Gasteiger partial charge in [-0.15, -0.1) is 0 Å². The topological polar surface area (TPSA) is 63.2 Å². The minimum absolute atomic E-state index is 0.0221. The van der Waals surface area contributed by atoms with Crippen LogP contribution in [0.3, 0.4) is 0 Å². The van der Waals surface area contributed by atoms with Crippen LogP contribution in [0.15, 0.2) is 81.2 Å². The summed E-state index contributed by atoms with van der Waals surface area (Å²) >= 11 is 11.3. The van der Waals surface area contributed by atoms with E-state index in [4.69, 9.17) is 23.2 Å². The monoisotopic (exact) mass is 381 g/mol. The molecule has 0 atom stereocenters. The summed E-state index contributed by atoms with van der Waals surface area (Å²) < 4.78 is 24.5. The largest absolute Gasteiger partial charge is 0.311 e. The Bertz CT molecular complexity index is 873. The Hall–Kier alpha value is -2.08. The highest BCUT2D eigenvalue weighted by Crippen LogP contribution is 2.24. The van der Waals surface area contributed by atoms with Crippen LogP contribution in [0.25, 0.3) is 6.08 Å². The molecule has 0 fully saturated rings. The molecule has 0 bridgehead atoms. The van der Waals surface area contributed by atoms with Crippen LogP contribution in [0.2, 0.25) is 0 Å². The number of rotatable bonds is 5. The molecule has 0 aliphatic heterocycles. The molecule has 0 aliphatic carbocycles. The van der Waals surface area contributed by atoms with E-state index < -0.39 is 25.3 Å². The highest BCUT2D eigenvalue weighted by Gasteiger charge is 2.24. The number of nitrogens with one attached hydrogen (secondary N) is 1. The van der Waals surface area contributed by atoms with Crippen LogP contribution >= 0.6 is 23.2 Å². The van der Waals surface area contributed by atoms with E-state index in [1.165, 1.54) is 18.2 Å². The maximum absolute atomic E-state index is 12.5. The third-order valence-corrected chi connectivity index (χ3v) is 5.30. The summed E-state index contributed by atoms with van der Waals surface area (Å²) in [6.45, 7) is 0. The van der Waals surface area contributed by atoms with Crippen molar-refractivity contribution < 1.29 is 13.2 Å². The van der Waals surface area contributed by atoms with Crippen LogP contribution in [-0.4, -0.2) is 14.3 Å². The molecule has 4 nitrogen and oxygen atoms in total. The zero-order chi connectivity index (χ0) is 17.6. The summed E-state index contributed by atoms with van der Waals surface area (Å²) in [5.41, 5.74) is 0.793. The number of carbonyl (C=O) groups is 1. The van der Waals surface area contributed by atoms with Gasteiger partial charge >= 0.3 is 0 Å². The van der Waals surface area contributed by atoms with Gasteiger partial charge in [0.25, 0.3) is 0 Å². The summed E-state index contributed by atoms with van der Waals surface area (Å²) in [5, 5.41) is 1.67. The molecule has 0 saturated carbocycles. The Kier molecular flexibility index (Phi) is 6.20. The Balaban J connectivity index is 2.23. The summed E-state index contributed by atoms with van der Waals surface area (Å²) in [4.78, 5) is 12.0. The first-order chi connectivity index (χ1) is 11.4. The molecule has 0 aliphatic rings. The zero-order valence-electron chi connectivity index (χ0n) is 12.3. The molecule has 2 rings (SSSR count). The van der Waals surface area contributed by atoms with E-state index in [9.17, 15) is 13.2 Å². The molecule has 24 heavy (non-hydrogen) atoms. The average molecular weight is 382 g/mol. The third-order valence-electron chi connectivity index (χ3n) is 2.96. The molecule has 2 aromatic rings. The maximum atomic E-state index is 12.5. The Morgan fingerprint density at radius 2 is 1.46 bits per heavy atom. The lowest BCUT2D eigenvalue weighted by atomic mass is 10.2. The Morgan fingerprint density at radius 3 is 2.00 bits per heavy atom. The summed E-state index contributed by atoms with van der Waals surface area (Å²) in [6.07, 6.45) is 2.75. The van der Waals surface area contributed by atoms with Crippen molar-refractivity contribution in [2.45, 2.75) is 4.90 Å². The van der Waals surface area contributed by atoms with E-state index in [2.05, 4.69) is 5.32 Å². The fraction of sp³-hybridized carbons (Fsp3) is 0. The van der Waals surface area contributed by atoms with Crippen LogP contribution < -0.4 is 5.32 Å². The number of carbonyl (C=O) groups excluding carboxylic acids is 1. The lowest BCUT2D eigenvalue weighted by Crippen LogP contribution is -2.26.